The number of methoxy groups -OCH3 is 3. The molecule has 0 unspecified atom stereocenters. The first-order valence-electron chi connectivity index (χ1n) is 9.30. The highest BCUT2D eigenvalue weighted by atomic mass is 35.5. The lowest BCUT2D eigenvalue weighted by atomic mass is 10.1. The molecular formula is C21H23ClN4O4S. The number of benzene rings is 2. The van der Waals surface area contributed by atoms with Gasteiger partial charge in [-0.1, -0.05) is 35.5 Å². The van der Waals surface area contributed by atoms with Gasteiger partial charge in [0.1, 0.15) is 23.1 Å². The number of nitrogens with zero attached hydrogens (tertiary/aromatic N) is 3. The average Bonchev–Trinajstić information content (AvgIpc) is 3.12. The Morgan fingerprint density at radius 2 is 1.77 bits per heavy atom. The van der Waals surface area contributed by atoms with Crippen molar-refractivity contribution in [2.75, 3.05) is 32.4 Å². The van der Waals surface area contributed by atoms with Crippen LogP contribution in [0.15, 0.2) is 41.6 Å². The second kappa shape index (κ2) is 10.4. The van der Waals surface area contributed by atoms with E-state index in [9.17, 15) is 4.79 Å². The zero-order chi connectivity index (χ0) is 22.4. The number of hydrogen-bond acceptors (Lipinski definition) is 7. The Kier molecular flexibility index (Phi) is 7.64. The molecule has 1 heterocycles. The van der Waals surface area contributed by atoms with E-state index in [-0.39, 0.29) is 11.7 Å². The maximum absolute atomic E-state index is 12.5. The molecule has 0 radical (unpaired) electrons. The minimum absolute atomic E-state index is 0.155. The molecule has 10 heteroatoms. The summed E-state index contributed by atoms with van der Waals surface area (Å²) >= 11 is 7.40. The molecule has 0 saturated carbocycles. The van der Waals surface area contributed by atoms with Gasteiger partial charge in [0, 0.05) is 25.6 Å². The molecule has 3 rings (SSSR count). The van der Waals surface area contributed by atoms with Crippen LogP contribution in [0.1, 0.15) is 11.4 Å². The standard InChI is InChI=1S/C21H23ClN4O4S/c1-26-19(9-13-5-7-14(28-2)8-6-13)24-25-21(26)31-12-20(27)23-16-11-17(29-3)15(22)10-18(16)30-4/h5-8,10-11H,9,12H2,1-4H3,(H,23,27). The van der Waals surface area contributed by atoms with E-state index in [0.717, 1.165) is 17.1 Å². The van der Waals surface area contributed by atoms with Crippen molar-refractivity contribution < 1.29 is 19.0 Å². The van der Waals surface area contributed by atoms with Gasteiger partial charge in [-0.3, -0.25) is 4.79 Å². The number of amides is 1. The molecule has 2 aromatic carbocycles. The fourth-order valence-corrected chi connectivity index (χ4v) is 3.79. The largest absolute Gasteiger partial charge is 0.497 e. The molecular weight excluding hydrogens is 440 g/mol. The summed E-state index contributed by atoms with van der Waals surface area (Å²) in [6.07, 6.45) is 0.627. The van der Waals surface area contributed by atoms with Crippen LogP contribution in [-0.4, -0.2) is 47.8 Å². The van der Waals surface area contributed by atoms with E-state index in [1.54, 1.807) is 19.2 Å². The molecule has 0 saturated heterocycles. The zero-order valence-electron chi connectivity index (χ0n) is 17.6. The normalized spacial score (nSPS) is 10.6. The Labute approximate surface area is 189 Å². The molecule has 1 N–H and O–H groups in total. The number of hydrogen-bond donors (Lipinski definition) is 1. The van der Waals surface area contributed by atoms with E-state index < -0.39 is 0 Å². The highest BCUT2D eigenvalue weighted by molar-refractivity contribution is 7.99. The van der Waals surface area contributed by atoms with Crippen LogP contribution in [0.25, 0.3) is 0 Å². The number of aromatic nitrogens is 3. The molecule has 164 valence electrons. The van der Waals surface area contributed by atoms with Crippen LogP contribution in [0.4, 0.5) is 5.69 Å². The Morgan fingerprint density at radius 1 is 1.06 bits per heavy atom. The third-order valence-corrected chi connectivity index (χ3v) is 5.84. The van der Waals surface area contributed by atoms with Crippen molar-refractivity contribution in [1.82, 2.24) is 14.8 Å². The summed E-state index contributed by atoms with van der Waals surface area (Å²) in [6.45, 7) is 0. The van der Waals surface area contributed by atoms with E-state index in [0.29, 0.717) is 33.8 Å². The Bertz CT molecular complexity index is 1060. The topological polar surface area (TPSA) is 87.5 Å². The predicted octanol–water partition coefficient (Wildman–Crippen LogP) is 3.82. The van der Waals surface area contributed by atoms with Crippen LogP contribution in [0.5, 0.6) is 17.2 Å². The molecule has 0 aliphatic rings. The van der Waals surface area contributed by atoms with E-state index in [1.807, 2.05) is 35.9 Å². The molecule has 1 amide bonds. The number of carbonyl (C=O) groups excluding carboxylic acids is 1. The van der Waals surface area contributed by atoms with Gasteiger partial charge in [0.25, 0.3) is 0 Å². The van der Waals surface area contributed by atoms with E-state index in [1.165, 1.54) is 26.0 Å². The van der Waals surface area contributed by atoms with Gasteiger partial charge < -0.3 is 24.1 Å². The van der Waals surface area contributed by atoms with Crippen LogP contribution in [-0.2, 0) is 18.3 Å². The first kappa shape index (κ1) is 22.8. The molecule has 0 atom stereocenters. The molecule has 31 heavy (non-hydrogen) atoms. The summed E-state index contributed by atoms with van der Waals surface area (Å²) < 4.78 is 17.6. The van der Waals surface area contributed by atoms with Gasteiger partial charge in [-0.25, -0.2) is 0 Å². The minimum atomic E-state index is -0.215. The summed E-state index contributed by atoms with van der Waals surface area (Å²) in [5.41, 5.74) is 1.57. The van der Waals surface area contributed by atoms with Gasteiger partial charge in [-0.2, -0.15) is 0 Å². The van der Waals surface area contributed by atoms with Gasteiger partial charge in [0.2, 0.25) is 5.91 Å². The van der Waals surface area contributed by atoms with Crippen molar-refractivity contribution in [2.45, 2.75) is 11.6 Å². The first-order chi connectivity index (χ1) is 14.9. The van der Waals surface area contributed by atoms with Crippen LogP contribution >= 0.6 is 23.4 Å². The first-order valence-corrected chi connectivity index (χ1v) is 10.7. The number of anilines is 1. The number of nitrogens with one attached hydrogen (secondary N) is 1. The third kappa shape index (κ3) is 5.62. The van der Waals surface area contributed by atoms with Crippen molar-refractivity contribution in [3.8, 4) is 17.2 Å². The number of rotatable bonds is 9. The SMILES string of the molecule is COc1ccc(Cc2nnc(SCC(=O)Nc3cc(OC)c(Cl)cc3OC)n2C)cc1. The maximum Gasteiger partial charge on any atom is 0.234 e. The monoisotopic (exact) mass is 462 g/mol. The molecule has 3 aromatic rings. The molecule has 0 aliphatic carbocycles. The Balaban J connectivity index is 1.62. The summed E-state index contributed by atoms with van der Waals surface area (Å²) in [4.78, 5) is 12.5. The van der Waals surface area contributed by atoms with Crippen LogP contribution in [0, 0.1) is 0 Å². The van der Waals surface area contributed by atoms with Gasteiger partial charge in [-0.15, -0.1) is 10.2 Å². The van der Waals surface area contributed by atoms with E-state index in [4.69, 9.17) is 25.8 Å². The number of carbonyl (C=O) groups is 1. The average molecular weight is 463 g/mol. The van der Waals surface area contributed by atoms with Crippen molar-refractivity contribution in [3.05, 3.63) is 52.8 Å². The minimum Gasteiger partial charge on any atom is -0.497 e. The second-order valence-electron chi connectivity index (χ2n) is 6.51. The molecule has 1 aromatic heterocycles. The van der Waals surface area contributed by atoms with Gasteiger partial charge in [0.05, 0.1) is 37.8 Å². The zero-order valence-corrected chi connectivity index (χ0v) is 19.2. The van der Waals surface area contributed by atoms with Gasteiger partial charge in [0.15, 0.2) is 5.16 Å². The third-order valence-electron chi connectivity index (χ3n) is 4.53. The fraction of sp³-hybridized carbons (Fsp3) is 0.286. The number of halogens is 1. The fourth-order valence-electron chi connectivity index (χ4n) is 2.83. The lowest BCUT2D eigenvalue weighted by molar-refractivity contribution is -0.113. The molecule has 8 nitrogen and oxygen atoms in total. The summed E-state index contributed by atoms with van der Waals surface area (Å²) in [5.74, 6) is 2.44. The summed E-state index contributed by atoms with van der Waals surface area (Å²) in [7, 11) is 6.53. The van der Waals surface area contributed by atoms with E-state index in [2.05, 4.69) is 15.5 Å². The Hall–Kier alpha value is -2.91. The molecule has 0 aliphatic heterocycles. The number of thioether (sulfide) groups is 1. The summed E-state index contributed by atoms with van der Waals surface area (Å²) in [6, 6.07) is 11.0. The molecule has 0 fully saturated rings. The highest BCUT2D eigenvalue weighted by Gasteiger charge is 2.15. The smallest absolute Gasteiger partial charge is 0.234 e. The maximum atomic E-state index is 12.5. The van der Waals surface area contributed by atoms with Crippen LogP contribution in [0.2, 0.25) is 5.02 Å². The summed E-state index contributed by atoms with van der Waals surface area (Å²) in [5, 5.41) is 12.3. The van der Waals surface area contributed by atoms with Crippen molar-refractivity contribution >= 4 is 35.0 Å². The highest BCUT2D eigenvalue weighted by Crippen LogP contribution is 2.36. The van der Waals surface area contributed by atoms with Crippen molar-refractivity contribution in [1.29, 1.82) is 0 Å². The number of ether oxygens (including phenoxy) is 3. The van der Waals surface area contributed by atoms with E-state index >= 15 is 0 Å². The van der Waals surface area contributed by atoms with Gasteiger partial charge in [-0.05, 0) is 17.7 Å². The molecule has 0 spiro atoms. The van der Waals surface area contributed by atoms with Crippen LogP contribution < -0.4 is 19.5 Å². The van der Waals surface area contributed by atoms with Crippen molar-refractivity contribution in [3.63, 3.8) is 0 Å². The van der Waals surface area contributed by atoms with Gasteiger partial charge >= 0.3 is 0 Å². The van der Waals surface area contributed by atoms with Crippen LogP contribution in [0.3, 0.4) is 0 Å². The molecule has 0 bridgehead atoms. The quantitative estimate of drug-likeness (QED) is 0.483. The lowest BCUT2D eigenvalue weighted by Gasteiger charge is -2.13. The Morgan fingerprint density at radius 3 is 2.42 bits per heavy atom. The lowest BCUT2D eigenvalue weighted by Crippen LogP contribution is -2.15. The predicted molar refractivity (Wildman–Crippen MR) is 121 cm³/mol. The second-order valence-corrected chi connectivity index (χ2v) is 7.86. The van der Waals surface area contributed by atoms with Crippen molar-refractivity contribution in [2.24, 2.45) is 7.05 Å².